The molecule has 1 aromatic carbocycles. The van der Waals surface area contributed by atoms with Crippen molar-refractivity contribution in [2.45, 2.75) is 50.6 Å². The molecule has 0 saturated heterocycles. The highest BCUT2D eigenvalue weighted by Gasteiger charge is 2.36. The van der Waals surface area contributed by atoms with Crippen molar-refractivity contribution in [2.24, 2.45) is 16.8 Å². The fourth-order valence-corrected chi connectivity index (χ4v) is 4.32. The summed E-state index contributed by atoms with van der Waals surface area (Å²) in [6, 6.07) is 11.4. The van der Waals surface area contributed by atoms with E-state index in [0.717, 1.165) is 44.2 Å². The number of amides is 2. The molecule has 1 unspecified atom stereocenters. The van der Waals surface area contributed by atoms with Crippen molar-refractivity contribution in [3.8, 4) is 5.69 Å². The molecule has 0 radical (unpaired) electrons. The summed E-state index contributed by atoms with van der Waals surface area (Å²) in [6.07, 6.45) is 11.8. The van der Waals surface area contributed by atoms with Gasteiger partial charge in [-0.1, -0.05) is 12.8 Å². The highest BCUT2D eigenvalue weighted by atomic mass is 16.2. The number of benzene rings is 1. The van der Waals surface area contributed by atoms with Crippen molar-refractivity contribution in [1.29, 1.82) is 0 Å². The zero-order valence-corrected chi connectivity index (χ0v) is 17.5. The first-order valence-electron chi connectivity index (χ1n) is 10.9. The van der Waals surface area contributed by atoms with Gasteiger partial charge >= 0.3 is 0 Å². The lowest BCUT2D eigenvalue weighted by atomic mass is 9.83. The quantitative estimate of drug-likeness (QED) is 0.692. The lowest BCUT2D eigenvalue weighted by Crippen LogP contribution is -2.51. The molecule has 1 heterocycles. The number of carbonyl (C=O) groups excluding carboxylic acids is 2. The van der Waals surface area contributed by atoms with E-state index in [1.807, 2.05) is 59.6 Å². The van der Waals surface area contributed by atoms with Gasteiger partial charge in [-0.05, 0) is 68.0 Å². The minimum atomic E-state index is -0.187. The van der Waals surface area contributed by atoms with Crippen LogP contribution in [-0.2, 0) is 4.79 Å². The molecule has 6 nitrogen and oxygen atoms in total. The first kappa shape index (κ1) is 20.4. The topological polar surface area (TPSA) is 75.5 Å². The summed E-state index contributed by atoms with van der Waals surface area (Å²) in [5, 5.41) is 6.30. The molecule has 0 bridgehead atoms. The normalized spacial score (nSPS) is 22.6. The zero-order chi connectivity index (χ0) is 20.9. The summed E-state index contributed by atoms with van der Waals surface area (Å²) in [5.74, 6) is 0.244. The van der Waals surface area contributed by atoms with Crippen LogP contribution in [0.3, 0.4) is 0 Å². The molecule has 2 N–H and O–H groups in total. The van der Waals surface area contributed by atoms with Gasteiger partial charge in [-0.2, -0.15) is 0 Å². The lowest BCUT2D eigenvalue weighted by Gasteiger charge is -2.32. The fourth-order valence-electron chi connectivity index (χ4n) is 4.32. The van der Waals surface area contributed by atoms with E-state index in [4.69, 9.17) is 0 Å². The van der Waals surface area contributed by atoms with Crippen molar-refractivity contribution in [2.75, 3.05) is 7.05 Å². The van der Waals surface area contributed by atoms with Crippen molar-refractivity contribution in [3.63, 3.8) is 0 Å². The Balaban J connectivity index is 1.40. The van der Waals surface area contributed by atoms with Crippen LogP contribution in [0.4, 0.5) is 0 Å². The largest absolute Gasteiger partial charge is 0.349 e. The molecule has 6 heteroatoms. The third kappa shape index (κ3) is 4.81. The third-order valence-electron chi connectivity index (χ3n) is 6.20. The number of aliphatic imine (C=N–C) groups is 1. The van der Waals surface area contributed by atoms with Gasteiger partial charge in [-0.3, -0.25) is 14.6 Å². The van der Waals surface area contributed by atoms with Gasteiger partial charge in [0.1, 0.15) is 0 Å². The molecule has 2 aliphatic rings. The van der Waals surface area contributed by atoms with Gasteiger partial charge in [-0.25, -0.2) is 0 Å². The Morgan fingerprint density at radius 2 is 1.77 bits per heavy atom. The molecule has 0 aliphatic heterocycles. The molecule has 2 fully saturated rings. The second kappa shape index (κ2) is 9.28. The number of carbonyl (C=O) groups is 2. The standard InChI is InChI=1S/C24H30N4O2/c1-25-16-22(17-8-9-17)27-24(30)20-6-2-3-7-21(20)26-23(29)18-10-12-19(13-11-18)28-14-4-5-15-28/h4-5,10-17,20-22H,2-3,6-9H2,1H3,(H,26,29)(H,27,30)/t20-,21+,22?/m1/s1. The van der Waals surface area contributed by atoms with Gasteiger partial charge in [0.15, 0.2) is 0 Å². The van der Waals surface area contributed by atoms with Crippen LogP contribution in [0, 0.1) is 11.8 Å². The van der Waals surface area contributed by atoms with E-state index in [0.29, 0.717) is 11.5 Å². The highest BCUT2D eigenvalue weighted by molar-refractivity contribution is 5.95. The number of rotatable bonds is 7. The predicted molar refractivity (Wildman–Crippen MR) is 118 cm³/mol. The molecule has 2 amide bonds. The first-order valence-corrected chi connectivity index (χ1v) is 10.9. The van der Waals surface area contributed by atoms with Crippen molar-refractivity contribution in [3.05, 3.63) is 54.4 Å². The maximum atomic E-state index is 13.0. The molecule has 2 aliphatic carbocycles. The Morgan fingerprint density at radius 1 is 1.07 bits per heavy atom. The number of aromatic nitrogens is 1. The van der Waals surface area contributed by atoms with Gasteiger partial charge in [0.05, 0.1) is 12.0 Å². The van der Waals surface area contributed by atoms with Gasteiger partial charge in [0.25, 0.3) is 5.91 Å². The van der Waals surface area contributed by atoms with Crippen LogP contribution in [0.15, 0.2) is 53.8 Å². The number of nitrogens with one attached hydrogen (secondary N) is 2. The summed E-state index contributed by atoms with van der Waals surface area (Å²) in [6.45, 7) is 0. The van der Waals surface area contributed by atoms with Crippen LogP contribution in [0.2, 0.25) is 0 Å². The van der Waals surface area contributed by atoms with E-state index in [9.17, 15) is 9.59 Å². The number of hydrogen-bond acceptors (Lipinski definition) is 3. The van der Waals surface area contributed by atoms with Gasteiger partial charge < -0.3 is 15.2 Å². The average Bonchev–Trinajstić information content (AvgIpc) is 3.47. The van der Waals surface area contributed by atoms with Crippen LogP contribution in [0.25, 0.3) is 5.69 Å². The molecule has 2 aromatic rings. The van der Waals surface area contributed by atoms with E-state index < -0.39 is 0 Å². The predicted octanol–water partition coefficient (Wildman–Crippen LogP) is 3.36. The molecule has 4 rings (SSSR count). The second-order valence-corrected chi connectivity index (χ2v) is 8.39. The van der Waals surface area contributed by atoms with E-state index in [1.165, 1.54) is 0 Å². The molecule has 2 saturated carbocycles. The summed E-state index contributed by atoms with van der Waals surface area (Å²) in [5.41, 5.74) is 1.62. The van der Waals surface area contributed by atoms with Gasteiger partial charge in [-0.15, -0.1) is 0 Å². The first-order chi connectivity index (χ1) is 14.7. The number of hydrogen-bond donors (Lipinski definition) is 2. The maximum Gasteiger partial charge on any atom is 0.251 e. The van der Waals surface area contributed by atoms with Crippen LogP contribution >= 0.6 is 0 Å². The Kier molecular flexibility index (Phi) is 6.31. The van der Waals surface area contributed by atoms with E-state index >= 15 is 0 Å². The second-order valence-electron chi connectivity index (χ2n) is 8.39. The minimum Gasteiger partial charge on any atom is -0.349 e. The molecular formula is C24H30N4O2. The van der Waals surface area contributed by atoms with Crippen LogP contribution in [-0.4, -0.2) is 41.7 Å². The van der Waals surface area contributed by atoms with E-state index in [1.54, 1.807) is 7.05 Å². The third-order valence-corrected chi connectivity index (χ3v) is 6.20. The minimum absolute atomic E-state index is 0.0157. The molecule has 0 spiro atoms. The lowest BCUT2D eigenvalue weighted by molar-refractivity contribution is -0.127. The highest BCUT2D eigenvalue weighted by Crippen LogP contribution is 2.33. The zero-order valence-electron chi connectivity index (χ0n) is 17.5. The monoisotopic (exact) mass is 406 g/mol. The molecule has 158 valence electrons. The van der Waals surface area contributed by atoms with Crippen molar-refractivity contribution in [1.82, 2.24) is 15.2 Å². The van der Waals surface area contributed by atoms with Crippen LogP contribution < -0.4 is 10.6 Å². The fraction of sp³-hybridized carbons (Fsp3) is 0.458. The van der Waals surface area contributed by atoms with Gasteiger partial charge in [0.2, 0.25) is 5.91 Å². The SMILES string of the molecule is CN=CC(NC(=O)[C@@H]1CCCC[C@@H]1NC(=O)c1ccc(-n2cccc2)cc1)C1CC1. The van der Waals surface area contributed by atoms with E-state index in [2.05, 4.69) is 15.6 Å². The Morgan fingerprint density at radius 3 is 2.43 bits per heavy atom. The average molecular weight is 407 g/mol. The van der Waals surface area contributed by atoms with Crippen LogP contribution in [0.1, 0.15) is 48.9 Å². The molecule has 1 aromatic heterocycles. The number of nitrogens with zero attached hydrogens (tertiary/aromatic N) is 2. The van der Waals surface area contributed by atoms with E-state index in [-0.39, 0.29) is 29.8 Å². The summed E-state index contributed by atoms with van der Waals surface area (Å²) < 4.78 is 2.00. The van der Waals surface area contributed by atoms with Crippen molar-refractivity contribution >= 4 is 18.0 Å². The molecule has 30 heavy (non-hydrogen) atoms. The summed E-state index contributed by atoms with van der Waals surface area (Å²) >= 11 is 0. The molecular weight excluding hydrogens is 376 g/mol. The smallest absolute Gasteiger partial charge is 0.251 e. The maximum absolute atomic E-state index is 13.0. The Hall–Kier alpha value is -2.89. The van der Waals surface area contributed by atoms with Gasteiger partial charge in [0, 0.05) is 42.9 Å². The van der Waals surface area contributed by atoms with Crippen LogP contribution in [0.5, 0.6) is 0 Å². The Bertz CT molecular complexity index is 884. The molecule has 3 atom stereocenters. The summed E-state index contributed by atoms with van der Waals surface area (Å²) in [4.78, 5) is 30.0. The Labute approximate surface area is 177 Å². The summed E-state index contributed by atoms with van der Waals surface area (Å²) in [7, 11) is 1.74. The van der Waals surface area contributed by atoms with Crippen molar-refractivity contribution < 1.29 is 9.59 Å².